The fourth-order valence-corrected chi connectivity index (χ4v) is 3.88. The Balaban J connectivity index is 1.68. The van der Waals surface area contributed by atoms with Crippen molar-refractivity contribution >= 4 is 21.8 Å². The number of nitrogens with one attached hydrogen (secondary N) is 1. The summed E-state index contributed by atoms with van der Waals surface area (Å²) in [5.41, 5.74) is 0.388. The molecule has 1 fully saturated rings. The number of hydrogen-bond donors (Lipinski definition) is 1. The number of benzene rings is 1. The van der Waals surface area contributed by atoms with Crippen LogP contribution in [0.25, 0.3) is 0 Å². The Labute approximate surface area is 134 Å². The second kappa shape index (κ2) is 6.05. The van der Waals surface area contributed by atoms with Crippen LogP contribution in [0.2, 0.25) is 0 Å². The molecule has 0 atom stereocenters. The van der Waals surface area contributed by atoms with Crippen LogP contribution in [0.4, 0.5) is 5.95 Å². The molecule has 7 nitrogen and oxygen atoms in total. The third-order valence-corrected chi connectivity index (χ3v) is 5.45. The van der Waals surface area contributed by atoms with Crippen LogP contribution in [0.5, 0.6) is 0 Å². The Morgan fingerprint density at radius 1 is 1.22 bits per heavy atom. The van der Waals surface area contributed by atoms with Crippen molar-refractivity contribution < 1.29 is 13.2 Å². The highest BCUT2D eigenvalue weighted by Crippen LogP contribution is 2.23. The van der Waals surface area contributed by atoms with Gasteiger partial charge in [-0.15, -0.1) is 0 Å². The zero-order chi connectivity index (χ0) is 16.4. The third kappa shape index (κ3) is 3.22. The molecule has 1 saturated heterocycles. The molecule has 8 heteroatoms. The van der Waals surface area contributed by atoms with Crippen molar-refractivity contribution in [2.24, 2.45) is 0 Å². The summed E-state index contributed by atoms with van der Waals surface area (Å²) in [6, 6.07) is 7.79. The molecule has 120 valence electrons. The first-order chi connectivity index (χ1) is 11.0. The van der Waals surface area contributed by atoms with E-state index in [0.29, 0.717) is 24.6 Å². The van der Waals surface area contributed by atoms with Crippen molar-refractivity contribution in [1.29, 1.82) is 0 Å². The Bertz CT molecular complexity index is 818. The van der Waals surface area contributed by atoms with Gasteiger partial charge in [-0.05, 0) is 25.1 Å². The lowest BCUT2D eigenvalue weighted by molar-refractivity contribution is 0.101. The minimum absolute atomic E-state index is 0.0248. The second-order valence-corrected chi connectivity index (χ2v) is 7.26. The van der Waals surface area contributed by atoms with E-state index in [1.54, 1.807) is 30.6 Å². The minimum Gasteiger partial charge on any atom is -0.349 e. The highest BCUT2D eigenvalue weighted by Gasteiger charge is 2.37. The van der Waals surface area contributed by atoms with Crippen molar-refractivity contribution in [1.82, 2.24) is 14.3 Å². The SMILES string of the molecule is CC(=O)c1cccc(S(=O)(=O)N2CC(Nc3ncccn3)C2)c1. The Kier molecular flexibility index (Phi) is 4.10. The van der Waals surface area contributed by atoms with Gasteiger partial charge in [0.1, 0.15) is 0 Å². The zero-order valence-corrected chi connectivity index (χ0v) is 13.3. The molecule has 0 bridgehead atoms. The van der Waals surface area contributed by atoms with Gasteiger partial charge in [0.2, 0.25) is 16.0 Å². The minimum atomic E-state index is -3.58. The van der Waals surface area contributed by atoms with Gasteiger partial charge in [0.25, 0.3) is 0 Å². The molecule has 3 rings (SSSR count). The molecule has 1 aliphatic rings. The van der Waals surface area contributed by atoms with Crippen LogP contribution in [0.3, 0.4) is 0 Å². The molecular formula is C15H16N4O3S. The van der Waals surface area contributed by atoms with E-state index >= 15 is 0 Å². The van der Waals surface area contributed by atoms with E-state index in [2.05, 4.69) is 15.3 Å². The molecular weight excluding hydrogens is 316 g/mol. The number of ketones is 1. The van der Waals surface area contributed by atoms with Gasteiger partial charge in [-0.2, -0.15) is 4.31 Å². The molecule has 2 aromatic rings. The molecule has 0 saturated carbocycles. The van der Waals surface area contributed by atoms with Crippen LogP contribution in [-0.4, -0.2) is 47.6 Å². The molecule has 23 heavy (non-hydrogen) atoms. The fourth-order valence-electron chi connectivity index (χ4n) is 2.31. The van der Waals surface area contributed by atoms with Crippen molar-refractivity contribution in [3.8, 4) is 0 Å². The Hall–Kier alpha value is -2.32. The Morgan fingerprint density at radius 2 is 1.91 bits per heavy atom. The maximum absolute atomic E-state index is 12.5. The summed E-state index contributed by atoms with van der Waals surface area (Å²) < 4.78 is 26.5. The predicted octanol–water partition coefficient (Wildman–Crippen LogP) is 1.16. The highest BCUT2D eigenvalue weighted by atomic mass is 32.2. The van der Waals surface area contributed by atoms with Crippen LogP contribution in [0.15, 0.2) is 47.6 Å². The van der Waals surface area contributed by atoms with E-state index in [1.165, 1.54) is 23.4 Å². The molecule has 1 N–H and O–H groups in total. The lowest BCUT2D eigenvalue weighted by atomic mass is 10.2. The lowest BCUT2D eigenvalue weighted by Gasteiger charge is -2.38. The van der Waals surface area contributed by atoms with Gasteiger partial charge >= 0.3 is 0 Å². The van der Waals surface area contributed by atoms with Gasteiger partial charge in [0.15, 0.2) is 5.78 Å². The number of carbonyl (C=O) groups excluding carboxylic acids is 1. The van der Waals surface area contributed by atoms with E-state index < -0.39 is 10.0 Å². The van der Waals surface area contributed by atoms with Crippen molar-refractivity contribution in [2.45, 2.75) is 17.9 Å². The van der Waals surface area contributed by atoms with Gasteiger partial charge in [-0.25, -0.2) is 18.4 Å². The molecule has 0 spiro atoms. The van der Waals surface area contributed by atoms with Gasteiger partial charge in [0, 0.05) is 31.0 Å². The van der Waals surface area contributed by atoms with Crippen molar-refractivity contribution in [3.63, 3.8) is 0 Å². The number of aromatic nitrogens is 2. The summed E-state index contributed by atoms with van der Waals surface area (Å²) in [7, 11) is -3.58. The number of carbonyl (C=O) groups is 1. The van der Waals surface area contributed by atoms with Crippen molar-refractivity contribution in [3.05, 3.63) is 48.3 Å². The standard InChI is InChI=1S/C15H16N4O3S/c1-11(20)12-4-2-5-14(8-12)23(21,22)19-9-13(10-19)18-15-16-6-3-7-17-15/h2-8,13H,9-10H2,1H3,(H,16,17,18). The van der Waals surface area contributed by atoms with Crippen LogP contribution >= 0.6 is 0 Å². The number of Topliss-reactive ketones (excluding diaryl/α,β-unsaturated/α-hetero) is 1. The number of hydrogen-bond acceptors (Lipinski definition) is 6. The molecule has 0 radical (unpaired) electrons. The number of rotatable bonds is 5. The van der Waals surface area contributed by atoms with Crippen molar-refractivity contribution in [2.75, 3.05) is 18.4 Å². The molecule has 2 heterocycles. The highest BCUT2D eigenvalue weighted by molar-refractivity contribution is 7.89. The maximum atomic E-state index is 12.5. The average Bonchev–Trinajstić information content (AvgIpc) is 2.51. The van der Waals surface area contributed by atoms with E-state index in [1.807, 2.05) is 0 Å². The first kappa shape index (κ1) is 15.6. The predicted molar refractivity (Wildman–Crippen MR) is 84.6 cm³/mol. The summed E-state index contributed by atoms with van der Waals surface area (Å²) >= 11 is 0. The second-order valence-electron chi connectivity index (χ2n) is 5.32. The fraction of sp³-hybridized carbons (Fsp3) is 0.267. The van der Waals surface area contributed by atoms with E-state index in [4.69, 9.17) is 0 Å². The summed E-state index contributed by atoms with van der Waals surface area (Å²) in [6.07, 6.45) is 3.24. The van der Waals surface area contributed by atoms with Gasteiger partial charge in [0.05, 0.1) is 10.9 Å². The first-order valence-electron chi connectivity index (χ1n) is 7.11. The van der Waals surface area contributed by atoms with Gasteiger partial charge in [-0.1, -0.05) is 12.1 Å². The van der Waals surface area contributed by atoms with Gasteiger partial charge in [-0.3, -0.25) is 4.79 Å². The molecule has 0 aliphatic carbocycles. The van der Waals surface area contributed by atoms with E-state index in [9.17, 15) is 13.2 Å². The number of nitrogens with zero attached hydrogens (tertiary/aromatic N) is 3. The normalized spacial score (nSPS) is 15.9. The average molecular weight is 332 g/mol. The summed E-state index contributed by atoms with van der Waals surface area (Å²) in [6.45, 7) is 2.09. The molecule has 1 aromatic carbocycles. The number of anilines is 1. The van der Waals surface area contributed by atoms with Crippen LogP contribution in [0, 0.1) is 0 Å². The third-order valence-electron chi connectivity index (χ3n) is 3.63. The number of sulfonamides is 1. The Morgan fingerprint density at radius 3 is 2.57 bits per heavy atom. The summed E-state index contributed by atoms with van der Waals surface area (Å²) in [5.74, 6) is 0.319. The lowest BCUT2D eigenvalue weighted by Crippen LogP contribution is -2.56. The smallest absolute Gasteiger partial charge is 0.243 e. The monoisotopic (exact) mass is 332 g/mol. The van der Waals surface area contributed by atoms with Crippen LogP contribution < -0.4 is 5.32 Å². The van der Waals surface area contributed by atoms with E-state index in [-0.39, 0.29) is 16.7 Å². The summed E-state index contributed by atoms with van der Waals surface area (Å²) in [5, 5.41) is 3.08. The zero-order valence-electron chi connectivity index (χ0n) is 12.5. The van der Waals surface area contributed by atoms with Crippen LogP contribution in [-0.2, 0) is 10.0 Å². The summed E-state index contributed by atoms with van der Waals surface area (Å²) in [4.78, 5) is 19.6. The maximum Gasteiger partial charge on any atom is 0.243 e. The quantitative estimate of drug-likeness (QED) is 0.826. The first-order valence-corrected chi connectivity index (χ1v) is 8.55. The molecule has 0 unspecified atom stereocenters. The molecule has 0 amide bonds. The molecule has 1 aromatic heterocycles. The van der Waals surface area contributed by atoms with Gasteiger partial charge < -0.3 is 5.32 Å². The van der Waals surface area contributed by atoms with E-state index in [0.717, 1.165) is 0 Å². The topological polar surface area (TPSA) is 92.3 Å². The molecule has 1 aliphatic heterocycles. The largest absolute Gasteiger partial charge is 0.349 e. The van der Waals surface area contributed by atoms with Crippen LogP contribution in [0.1, 0.15) is 17.3 Å².